The quantitative estimate of drug-likeness (QED) is 0.859. The van der Waals surface area contributed by atoms with Crippen molar-refractivity contribution in [3.63, 3.8) is 0 Å². The molecule has 1 heterocycles. The Morgan fingerprint density at radius 1 is 0.750 bits per heavy atom. The van der Waals surface area contributed by atoms with E-state index in [4.69, 9.17) is 0 Å². The maximum Gasteiger partial charge on any atom is 0.323 e. The van der Waals surface area contributed by atoms with E-state index in [-0.39, 0.29) is 17.8 Å². The minimum Gasteiger partial charge on any atom is -0.341 e. The fourth-order valence-electron chi connectivity index (χ4n) is 3.13. The van der Waals surface area contributed by atoms with Crippen LogP contribution in [0.2, 0.25) is 0 Å². The Labute approximate surface area is 164 Å². The van der Waals surface area contributed by atoms with E-state index in [0.29, 0.717) is 43.1 Å². The van der Waals surface area contributed by atoms with Gasteiger partial charge >= 0.3 is 6.03 Å². The normalized spacial score (nSPS) is 14.2. The maximum absolute atomic E-state index is 12.7. The van der Waals surface area contributed by atoms with Crippen LogP contribution in [0.5, 0.6) is 0 Å². The van der Waals surface area contributed by atoms with Crippen molar-refractivity contribution in [2.24, 2.45) is 0 Å². The molecule has 0 unspecified atom stereocenters. The number of para-hydroxylation sites is 1. The minimum atomic E-state index is -0.345. The monoisotopic (exact) mass is 380 g/mol. The highest BCUT2D eigenvalue weighted by atomic mass is 16.2. The van der Waals surface area contributed by atoms with Gasteiger partial charge in [0.15, 0.2) is 0 Å². The summed E-state index contributed by atoms with van der Waals surface area (Å²) in [6.07, 6.45) is 0.768. The largest absolute Gasteiger partial charge is 0.341 e. The van der Waals surface area contributed by atoms with E-state index in [0.717, 1.165) is 6.42 Å². The van der Waals surface area contributed by atoms with Gasteiger partial charge in [0.1, 0.15) is 0 Å². The van der Waals surface area contributed by atoms with Crippen LogP contribution in [0, 0.1) is 0 Å². The molecular formula is C21H24N4O3. The number of rotatable bonds is 3. The maximum atomic E-state index is 12.7. The lowest BCUT2D eigenvalue weighted by atomic mass is 10.1. The predicted molar refractivity (Wildman–Crippen MR) is 108 cm³/mol. The van der Waals surface area contributed by atoms with Gasteiger partial charge in [-0.2, -0.15) is 0 Å². The zero-order valence-corrected chi connectivity index (χ0v) is 15.9. The van der Waals surface area contributed by atoms with E-state index in [1.165, 1.54) is 0 Å². The number of carbonyl (C=O) groups excluding carboxylic acids is 3. The van der Waals surface area contributed by atoms with Crippen LogP contribution < -0.4 is 10.6 Å². The van der Waals surface area contributed by atoms with Crippen LogP contribution in [0.25, 0.3) is 0 Å². The molecule has 7 heteroatoms. The number of nitrogens with zero attached hydrogens (tertiary/aromatic N) is 2. The zero-order chi connectivity index (χ0) is 19.9. The van der Waals surface area contributed by atoms with Crippen LogP contribution in [-0.2, 0) is 4.79 Å². The smallest absolute Gasteiger partial charge is 0.323 e. The number of amides is 4. The topological polar surface area (TPSA) is 81.8 Å². The third-order valence-electron chi connectivity index (χ3n) is 4.65. The molecule has 0 aliphatic carbocycles. The van der Waals surface area contributed by atoms with E-state index in [9.17, 15) is 14.4 Å². The van der Waals surface area contributed by atoms with Gasteiger partial charge in [-0.15, -0.1) is 0 Å². The standard InChI is InChI=1S/C21H24N4O3/c1-16(26)24-12-5-13-25(15-14-24)20(27)17-8-10-19(11-9-17)23-21(28)22-18-6-3-2-4-7-18/h2-4,6-11H,5,12-15H2,1H3,(H2,22,23,28). The molecule has 0 spiro atoms. The zero-order valence-electron chi connectivity index (χ0n) is 15.9. The number of urea groups is 1. The summed E-state index contributed by atoms with van der Waals surface area (Å²) in [6.45, 7) is 3.94. The van der Waals surface area contributed by atoms with E-state index >= 15 is 0 Å². The van der Waals surface area contributed by atoms with Crippen molar-refractivity contribution in [3.05, 3.63) is 60.2 Å². The lowest BCUT2D eigenvalue weighted by Crippen LogP contribution is -2.36. The number of hydrogen-bond donors (Lipinski definition) is 2. The molecule has 2 aromatic rings. The average Bonchev–Trinajstić information content (AvgIpc) is 2.95. The summed E-state index contributed by atoms with van der Waals surface area (Å²) in [6, 6.07) is 15.6. The highest BCUT2D eigenvalue weighted by Crippen LogP contribution is 2.14. The summed E-state index contributed by atoms with van der Waals surface area (Å²) in [5.41, 5.74) is 1.86. The molecule has 2 N–H and O–H groups in total. The molecule has 0 bridgehead atoms. The number of benzene rings is 2. The Hall–Kier alpha value is -3.35. The molecule has 1 aliphatic rings. The van der Waals surface area contributed by atoms with E-state index < -0.39 is 0 Å². The molecular weight excluding hydrogens is 356 g/mol. The molecule has 1 aliphatic heterocycles. The van der Waals surface area contributed by atoms with Crippen molar-refractivity contribution in [2.45, 2.75) is 13.3 Å². The van der Waals surface area contributed by atoms with E-state index in [1.807, 2.05) is 18.2 Å². The molecule has 7 nitrogen and oxygen atoms in total. The minimum absolute atomic E-state index is 0.0403. The van der Waals surface area contributed by atoms with Crippen LogP contribution in [-0.4, -0.2) is 53.8 Å². The molecule has 1 saturated heterocycles. The van der Waals surface area contributed by atoms with Gasteiger partial charge < -0.3 is 20.4 Å². The molecule has 0 aromatic heterocycles. The van der Waals surface area contributed by atoms with Gasteiger partial charge in [-0.1, -0.05) is 18.2 Å². The van der Waals surface area contributed by atoms with Crippen molar-refractivity contribution in [1.29, 1.82) is 0 Å². The molecule has 28 heavy (non-hydrogen) atoms. The van der Waals surface area contributed by atoms with Gasteiger partial charge in [0.05, 0.1) is 0 Å². The molecule has 1 fully saturated rings. The number of anilines is 2. The van der Waals surface area contributed by atoms with Crippen LogP contribution in [0.15, 0.2) is 54.6 Å². The second kappa shape index (κ2) is 9.03. The first-order valence-electron chi connectivity index (χ1n) is 9.31. The molecule has 4 amide bonds. The first-order valence-corrected chi connectivity index (χ1v) is 9.31. The summed E-state index contributed by atoms with van der Waals surface area (Å²) >= 11 is 0. The highest BCUT2D eigenvalue weighted by Gasteiger charge is 2.21. The SMILES string of the molecule is CC(=O)N1CCCN(C(=O)c2ccc(NC(=O)Nc3ccccc3)cc2)CC1. The van der Waals surface area contributed by atoms with E-state index in [2.05, 4.69) is 10.6 Å². The fourth-order valence-corrected chi connectivity index (χ4v) is 3.13. The van der Waals surface area contributed by atoms with Crippen LogP contribution in [0.1, 0.15) is 23.7 Å². The van der Waals surface area contributed by atoms with Crippen molar-refractivity contribution in [3.8, 4) is 0 Å². The molecule has 0 atom stereocenters. The second-order valence-corrected chi connectivity index (χ2v) is 6.67. The first-order chi connectivity index (χ1) is 13.5. The lowest BCUT2D eigenvalue weighted by molar-refractivity contribution is -0.128. The second-order valence-electron chi connectivity index (χ2n) is 6.67. The summed E-state index contributed by atoms with van der Waals surface area (Å²) < 4.78 is 0. The van der Waals surface area contributed by atoms with Gasteiger partial charge in [0.2, 0.25) is 5.91 Å². The van der Waals surface area contributed by atoms with Crippen molar-refractivity contribution >= 4 is 29.2 Å². The van der Waals surface area contributed by atoms with Gasteiger partial charge in [-0.25, -0.2) is 4.79 Å². The van der Waals surface area contributed by atoms with Gasteiger partial charge in [-0.05, 0) is 42.8 Å². The summed E-state index contributed by atoms with van der Waals surface area (Å²) in [5.74, 6) is -0.0239. The summed E-state index contributed by atoms with van der Waals surface area (Å²) in [5, 5.41) is 5.49. The summed E-state index contributed by atoms with van der Waals surface area (Å²) in [7, 11) is 0. The molecule has 2 aromatic carbocycles. The highest BCUT2D eigenvalue weighted by molar-refractivity contribution is 6.00. The van der Waals surface area contributed by atoms with Crippen molar-refractivity contribution < 1.29 is 14.4 Å². The molecule has 0 saturated carbocycles. The van der Waals surface area contributed by atoms with Crippen LogP contribution >= 0.6 is 0 Å². The Balaban J connectivity index is 1.57. The first kappa shape index (κ1) is 19.4. The Bertz CT molecular complexity index is 836. The summed E-state index contributed by atoms with van der Waals surface area (Å²) in [4.78, 5) is 39.8. The Morgan fingerprint density at radius 2 is 1.32 bits per heavy atom. The predicted octanol–water partition coefficient (Wildman–Crippen LogP) is 3.03. The van der Waals surface area contributed by atoms with Crippen molar-refractivity contribution in [2.75, 3.05) is 36.8 Å². The molecule has 146 valence electrons. The Morgan fingerprint density at radius 3 is 1.96 bits per heavy atom. The Kier molecular flexibility index (Phi) is 6.26. The number of hydrogen-bond acceptors (Lipinski definition) is 3. The van der Waals surface area contributed by atoms with E-state index in [1.54, 1.807) is 53.1 Å². The number of carbonyl (C=O) groups is 3. The van der Waals surface area contributed by atoms with Gasteiger partial charge in [-0.3, -0.25) is 9.59 Å². The van der Waals surface area contributed by atoms with Crippen molar-refractivity contribution in [1.82, 2.24) is 9.80 Å². The number of nitrogens with one attached hydrogen (secondary N) is 2. The molecule has 3 rings (SSSR count). The van der Waals surface area contributed by atoms with Gasteiger partial charge in [0.25, 0.3) is 5.91 Å². The van der Waals surface area contributed by atoms with Gasteiger partial charge in [0, 0.05) is 50.0 Å². The third-order valence-corrected chi connectivity index (χ3v) is 4.65. The average molecular weight is 380 g/mol. The molecule has 0 radical (unpaired) electrons. The lowest BCUT2D eigenvalue weighted by Gasteiger charge is -2.21. The fraction of sp³-hybridized carbons (Fsp3) is 0.286. The third kappa shape index (κ3) is 5.09. The van der Waals surface area contributed by atoms with Crippen LogP contribution in [0.3, 0.4) is 0 Å². The van der Waals surface area contributed by atoms with Crippen LogP contribution in [0.4, 0.5) is 16.2 Å².